The quantitative estimate of drug-likeness (QED) is 0.445. The van der Waals surface area contributed by atoms with Crippen molar-refractivity contribution in [2.75, 3.05) is 19.8 Å². The summed E-state index contributed by atoms with van der Waals surface area (Å²) in [6.45, 7) is 3.44. The number of nitrogens with zero attached hydrogens (tertiary/aromatic N) is 1. The number of carbonyl (C=O) groups is 1. The van der Waals surface area contributed by atoms with Crippen LogP contribution >= 0.6 is 11.8 Å². The number of hydrogen-bond acceptors (Lipinski definition) is 6. The molecule has 1 N–H and O–H groups in total. The highest BCUT2D eigenvalue weighted by molar-refractivity contribution is 8.00. The van der Waals surface area contributed by atoms with E-state index in [1.54, 1.807) is 12.1 Å². The molecule has 3 rings (SSSR count). The fraction of sp³-hybridized carbons (Fsp3) is 0.316. The van der Waals surface area contributed by atoms with Crippen LogP contribution in [0.15, 0.2) is 47.4 Å². The molecule has 1 aliphatic heterocycles. The maximum atomic E-state index is 12.3. The minimum Gasteiger partial charge on any atom is -0.486 e. The van der Waals surface area contributed by atoms with Crippen molar-refractivity contribution >= 4 is 23.4 Å². The number of nitro benzene ring substituents is 1. The van der Waals surface area contributed by atoms with Gasteiger partial charge in [-0.1, -0.05) is 6.07 Å². The van der Waals surface area contributed by atoms with Crippen LogP contribution in [0.4, 0.5) is 5.69 Å². The van der Waals surface area contributed by atoms with Gasteiger partial charge in [-0.15, -0.1) is 11.8 Å². The van der Waals surface area contributed by atoms with Crippen LogP contribution in [0.2, 0.25) is 0 Å². The SMILES string of the molecule is C[C@H](Sc1ccc([N+](=O)[O-])cc1)C(=O)NCCc1ccc2c(c1)OCCO2. The number of non-ortho nitro benzene ring substituents is 1. The van der Waals surface area contributed by atoms with Crippen LogP contribution in [0, 0.1) is 10.1 Å². The van der Waals surface area contributed by atoms with E-state index in [9.17, 15) is 14.9 Å². The van der Waals surface area contributed by atoms with Gasteiger partial charge < -0.3 is 14.8 Å². The van der Waals surface area contributed by atoms with E-state index in [0.29, 0.717) is 26.2 Å². The summed E-state index contributed by atoms with van der Waals surface area (Å²) in [6.07, 6.45) is 0.692. The van der Waals surface area contributed by atoms with Gasteiger partial charge in [0, 0.05) is 23.6 Å². The van der Waals surface area contributed by atoms with Crippen LogP contribution in [0.5, 0.6) is 11.5 Å². The van der Waals surface area contributed by atoms with Crippen molar-refractivity contribution in [1.29, 1.82) is 0 Å². The third-order valence-electron chi connectivity index (χ3n) is 4.05. The maximum Gasteiger partial charge on any atom is 0.269 e. The molecule has 0 radical (unpaired) electrons. The summed E-state index contributed by atoms with van der Waals surface area (Å²) in [6, 6.07) is 12.0. The van der Waals surface area contributed by atoms with Gasteiger partial charge in [-0.05, 0) is 43.2 Å². The van der Waals surface area contributed by atoms with Gasteiger partial charge in [-0.3, -0.25) is 14.9 Å². The molecule has 0 aromatic heterocycles. The third kappa shape index (κ3) is 5.13. The number of carbonyl (C=O) groups excluding carboxylic acids is 1. The number of rotatable bonds is 7. The molecule has 2 aromatic rings. The van der Waals surface area contributed by atoms with Gasteiger partial charge in [0.2, 0.25) is 5.91 Å². The monoisotopic (exact) mass is 388 g/mol. The first-order valence-corrected chi connectivity index (χ1v) is 9.48. The predicted molar refractivity (Wildman–Crippen MR) is 103 cm³/mol. The highest BCUT2D eigenvalue weighted by atomic mass is 32.2. The largest absolute Gasteiger partial charge is 0.486 e. The standard InChI is InChI=1S/C19H20N2O5S/c1-13(27-16-5-3-15(4-6-16)21(23)24)19(22)20-9-8-14-2-7-17-18(12-14)26-11-10-25-17/h2-7,12-13H,8-11H2,1H3,(H,20,22)/t13-/m0/s1. The van der Waals surface area contributed by atoms with Crippen molar-refractivity contribution in [3.8, 4) is 11.5 Å². The zero-order valence-electron chi connectivity index (χ0n) is 14.8. The Morgan fingerprint density at radius 2 is 1.89 bits per heavy atom. The molecule has 0 fully saturated rings. The molecule has 0 saturated heterocycles. The van der Waals surface area contributed by atoms with Crippen molar-refractivity contribution in [3.05, 3.63) is 58.1 Å². The second kappa shape index (κ2) is 8.77. The van der Waals surface area contributed by atoms with E-state index >= 15 is 0 Å². The zero-order valence-corrected chi connectivity index (χ0v) is 15.7. The first-order chi connectivity index (χ1) is 13.0. The fourth-order valence-electron chi connectivity index (χ4n) is 2.62. The summed E-state index contributed by atoms with van der Waals surface area (Å²) < 4.78 is 11.1. The normalized spacial score (nSPS) is 13.7. The van der Waals surface area contributed by atoms with Crippen LogP contribution in [0.25, 0.3) is 0 Å². The topological polar surface area (TPSA) is 90.7 Å². The molecule has 0 spiro atoms. The molecular formula is C19H20N2O5S. The van der Waals surface area contributed by atoms with E-state index in [0.717, 1.165) is 22.0 Å². The van der Waals surface area contributed by atoms with Crippen molar-refractivity contribution in [3.63, 3.8) is 0 Å². The number of hydrogen-bond donors (Lipinski definition) is 1. The predicted octanol–water partition coefficient (Wildman–Crippen LogP) is 3.21. The van der Waals surface area contributed by atoms with Crippen molar-refractivity contribution in [1.82, 2.24) is 5.32 Å². The molecule has 1 amide bonds. The average molecular weight is 388 g/mol. The van der Waals surface area contributed by atoms with Crippen LogP contribution in [-0.4, -0.2) is 35.8 Å². The second-order valence-electron chi connectivity index (χ2n) is 6.03. The molecule has 8 heteroatoms. The van der Waals surface area contributed by atoms with Crippen LogP contribution in [0.1, 0.15) is 12.5 Å². The van der Waals surface area contributed by atoms with Crippen molar-refractivity contribution in [2.45, 2.75) is 23.5 Å². The Bertz CT molecular complexity index is 825. The highest BCUT2D eigenvalue weighted by Crippen LogP contribution is 2.30. The van der Waals surface area contributed by atoms with Crippen LogP contribution in [-0.2, 0) is 11.2 Å². The van der Waals surface area contributed by atoms with Gasteiger partial charge in [0.05, 0.1) is 10.2 Å². The first-order valence-electron chi connectivity index (χ1n) is 8.60. The molecule has 27 heavy (non-hydrogen) atoms. The lowest BCUT2D eigenvalue weighted by molar-refractivity contribution is -0.384. The first kappa shape index (κ1) is 19.0. The van der Waals surface area contributed by atoms with E-state index in [2.05, 4.69) is 5.32 Å². The van der Waals surface area contributed by atoms with Crippen LogP contribution < -0.4 is 14.8 Å². The van der Waals surface area contributed by atoms with Gasteiger partial charge in [0.25, 0.3) is 5.69 Å². The molecule has 2 aromatic carbocycles. The Morgan fingerprint density at radius 1 is 1.19 bits per heavy atom. The molecule has 0 bridgehead atoms. The molecule has 0 unspecified atom stereocenters. The Balaban J connectivity index is 1.46. The lowest BCUT2D eigenvalue weighted by Gasteiger charge is -2.19. The molecule has 0 saturated carbocycles. The Kier molecular flexibility index (Phi) is 6.18. The summed E-state index contributed by atoms with van der Waals surface area (Å²) in [7, 11) is 0. The van der Waals surface area contributed by atoms with Gasteiger partial charge in [0.1, 0.15) is 13.2 Å². The van der Waals surface area contributed by atoms with Gasteiger partial charge in [0.15, 0.2) is 11.5 Å². The Morgan fingerprint density at radius 3 is 2.59 bits per heavy atom. The highest BCUT2D eigenvalue weighted by Gasteiger charge is 2.15. The van der Waals surface area contributed by atoms with Gasteiger partial charge >= 0.3 is 0 Å². The molecule has 1 heterocycles. The lowest BCUT2D eigenvalue weighted by Crippen LogP contribution is -2.32. The number of ether oxygens (including phenoxy) is 2. The molecule has 7 nitrogen and oxygen atoms in total. The second-order valence-corrected chi connectivity index (χ2v) is 7.44. The Labute approximate surface area is 161 Å². The summed E-state index contributed by atoms with van der Waals surface area (Å²) in [5.74, 6) is 1.42. The van der Waals surface area contributed by atoms with Gasteiger partial charge in [-0.25, -0.2) is 0 Å². The zero-order chi connectivity index (χ0) is 19.2. The van der Waals surface area contributed by atoms with E-state index in [4.69, 9.17) is 9.47 Å². The minimum atomic E-state index is -0.442. The van der Waals surface area contributed by atoms with E-state index < -0.39 is 4.92 Å². The number of benzene rings is 2. The van der Waals surface area contributed by atoms with E-state index in [1.165, 1.54) is 23.9 Å². The number of nitro groups is 1. The summed E-state index contributed by atoms with van der Waals surface area (Å²) in [4.78, 5) is 23.3. The fourth-order valence-corrected chi connectivity index (χ4v) is 3.51. The molecule has 1 atom stereocenters. The number of fused-ring (bicyclic) bond motifs is 1. The number of amides is 1. The van der Waals surface area contributed by atoms with Crippen molar-refractivity contribution in [2.24, 2.45) is 0 Å². The smallest absolute Gasteiger partial charge is 0.269 e. The maximum absolute atomic E-state index is 12.3. The Hall–Kier alpha value is -2.74. The number of nitrogens with one attached hydrogen (secondary N) is 1. The summed E-state index contributed by atoms with van der Waals surface area (Å²) in [5, 5.41) is 13.3. The molecular weight excluding hydrogens is 368 g/mol. The molecule has 142 valence electrons. The van der Waals surface area contributed by atoms with Gasteiger partial charge in [-0.2, -0.15) is 0 Å². The van der Waals surface area contributed by atoms with E-state index in [1.807, 2.05) is 25.1 Å². The third-order valence-corrected chi connectivity index (χ3v) is 5.16. The van der Waals surface area contributed by atoms with E-state index in [-0.39, 0.29) is 16.8 Å². The van der Waals surface area contributed by atoms with Crippen LogP contribution in [0.3, 0.4) is 0 Å². The summed E-state index contributed by atoms with van der Waals surface area (Å²) in [5.41, 5.74) is 1.10. The summed E-state index contributed by atoms with van der Waals surface area (Å²) >= 11 is 1.37. The molecule has 0 aliphatic carbocycles. The molecule has 1 aliphatic rings. The lowest BCUT2D eigenvalue weighted by atomic mass is 10.1. The average Bonchev–Trinajstić information content (AvgIpc) is 2.68. The number of thioether (sulfide) groups is 1. The minimum absolute atomic E-state index is 0.0379. The van der Waals surface area contributed by atoms with Crippen molar-refractivity contribution < 1.29 is 19.2 Å².